The van der Waals surface area contributed by atoms with Crippen LogP contribution in [0, 0.1) is 6.92 Å². The van der Waals surface area contributed by atoms with E-state index in [1.807, 2.05) is 0 Å². The van der Waals surface area contributed by atoms with Crippen molar-refractivity contribution in [2.75, 3.05) is 0 Å². The van der Waals surface area contributed by atoms with Gasteiger partial charge in [-0.1, -0.05) is 6.92 Å². The minimum atomic E-state index is -4.70. The maximum Gasteiger partial charge on any atom is 0.421 e. The molecule has 0 saturated heterocycles. The van der Waals surface area contributed by atoms with Gasteiger partial charge in [0.25, 0.3) is 5.56 Å². The van der Waals surface area contributed by atoms with Gasteiger partial charge in [0.05, 0.1) is 12.4 Å². The highest BCUT2D eigenvalue weighted by molar-refractivity contribution is 5.70. The van der Waals surface area contributed by atoms with Crippen molar-refractivity contribution in [3.05, 3.63) is 45.6 Å². The van der Waals surface area contributed by atoms with E-state index >= 15 is 0 Å². The Labute approximate surface area is 112 Å². The zero-order chi connectivity index (χ0) is 14.9. The van der Waals surface area contributed by atoms with E-state index in [2.05, 4.69) is 15.2 Å². The number of hydrogen-bond acceptors (Lipinski definition) is 3. The van der Waals surface area contributed by atoms with Crippen molar-refractivity contribution in [1.82, 2.24) is 15.2 Å². The number of H-pyrrole nitrogens is 1. The predicted octanol–water partition coefficient (Wildman–Crippen LogP) is 2.72. The molecule has 0 aliphatic rings. The fraction of sp³-hybridized carbons (Fsp3) is 0.308. The van der Waals surface area contributed by atoms with Crippen molar-refractivity contribution in [2.45, 2.75) is 26.4 Å². The zero-order valence-electron chi connectivity index (χ0n) is 10.9. The summed E-state index contributed by atoms with van der Waals surface area (Å²) in [5, 5.41) is 7.27. The SMILES string of the molecule is CCc1[nH]c(=O)c(C(F)(F)F)c(C)c1-c1ccnnc1. The van der Waals surface area contributed by atoms with Crippen LogP contribution in [0.2, 0.25) is 0 Å². The van der Waals surface area contributed by atoms with E-state index in [9.17, 15) is 18.0 Å². The molecule has 2 aromatic heterocycles. The lowest BCUT2D eigenvalue weighted by atomic mass is 9.96. The van der Waals surface area contributed by atoms with E-state index in [0.29, 0.717) is 23.2 Å². The molecule has 0 saturated carbocycles. The summed E-state index contributed by atoms with van der Waals surface area (Å²) in [5.41, 5.74) is -1.07. The molecule has 2 aromatic rings. The summed E-state index contributed by atoms with van der Waals surface area (Å²) in [6.45, 7) is 3.06. The Hall–Kier alpha value is -2.18. The third-order valence-electron chi connectivity index (χ3n) is 3.05. The topological polar surface area (TPSA) is 58.6 Å². The Kier molecular flexibility index (Phi) is 3.61. The molecular weight excluding hydrogens is 271 g/mol. The van der Waals surface area contributed by atoms with Gasteiger partial charge in [0.1, 0.15) is 5.56 Å². The van der Waals surface area contributed by atoms with Crippen LogP contribution in [-0.2, 0) is 12.6 Å². The largest absolute Gasteiger partial charge is 0.421 e. The Morgan fingerprint density at radius 3 is 2.50 bits per heavy atom. The average molecular weight is 283 g/mol. The normalized spacial score (nSPS) is 11.7. The second-order valence-electron chi connectivity index (χ2n) is 4.29. The van der Waals surface area contributed by atoms with Gasteiger partial charge < -0.3 is 4.98 Å². The molecule has 0 unspecified atom stereocenters. The van der Waals surface area contributed by atoms with Crippen molar-refractivity contribution >= 4 is 0 Å². The zero-order valence-corrected chi connectivity index (χ0v) is 10.9. The molecule has 0 amide bonds. The first kappa shape index (κ1) is 14.2. The van der Waals surface area contributed by atoms with Gasteiger partial charge >= 0.3 is 6.18 Å². The molecule has 0 aliphatic heterocycles. The second-order valence-corrected chi connectivity index (χ2v) is 4.29. The molecular formula is C13H12F3N3O. The highest BCUT2D eigenvalue weighted by Crippen LogP contribution is 2.34. The monoisotopic (exact) mass is 283 g/mol. The summed E-state index contributed by atoms with van der Waals surface area (Å²) in [7, 11) is 0. The fourth-order valence-electron chi connectivity index (χ4n) is 2.22. The number of pyridine rings is 1. The molecule has 20 heavy (non-hydrogen) atoms. The number of halogens is 3. The molecule has 1 N–H and O–H groups in total. The number of aromatic amines is 1. The van der Waals surface area contributed by atoms with Crippen LogP contribution < -0.4 is 5.56 Å². The van der Waals surface area contributed by atoms with E-state index in [4.69, 9.17) is 0 Å². The molecule has 0 aromatic carbocycles. The summed E-state index contributed by atoms with van der Waals surface area (Å²) in [6, 6.07) is 1.56. The molecule has 0 atom stereocenters. The smallest absolute Gasteiger partial charge is 0.325 e. The number of rotatable bonds is 2. The number of aromatic nitrogens is 3. The lowest BCUT2D eigenvalue weighted by Crippen LogP contribution is -2.25. The van der Waals surface area contributed by atoms with Gasteiger partial charge in [-0.3, -0.25) is 4.79 Å². The van der Waals surface area contributed by atoms with E-state index in [1.54, 1.807) is 13.0 Å². The second kappa shape index (κ2) is 5.07. The van der Waals surface area contributed by atoms with E-state index in [-0.39, 0.29) is 5.56 Å². The minimum absolute atomic E-state index is 0.0916. The van der Waals surface area contributed by atoms with Gasteiger partial charge in [0, 0.05) is 16.8 Å². The van der Waals surface area contributed by atoms with Crippen molar-refractivity contribution in [2.24, 2.45) is 0 Å². The Morgan fingerprint density at radius 1 is 1.30 bits per heavy atom. The van der Waals surface area contributed by atoms with Crippen LogP contribution in [0.25, 0.3) is 11.1 Å². The van der Waals surface area contributed by atoms with Gasteiger partial charge in [-0.05, 0) is 25.0 Å². The van der Waals surface area contributed by atoms with Crippen LogP contribution in [0.15, 0.2) is 23.3 Å². The van der Waals surface area contributed by atoms with Gasteiger partial charge in [-0.2, -0.15) is 23.4 Å². The third-order valence-corrected chi connectivity index (χ3v) is 3.05. The first-order chi connectivity index (χ1) is 9.36. The van der Waals surface area contributed by atoms with Crippen LogP contribution in [0.4, 0.5) is 13.2 Å². The summed E-state index contributed by atoms with van der Waals surface area (Å²) < 4.78 is 39.0. The highest BCUT2D eigenvalue weighted by Gasteiger charge is 2.37. The molecule has 0 fully saturated rings. The Bertz CT molecular complexity index is 678. The third kappa shape index (κ3) is 2.43. The molecule has 0 aliphatic carbocycles. The van der Waals surface area contributed by atoms with Crippen LogP contribution in [0.1, 0.15) is 23.7 Å². The van der Waals surface area contributed by atoms with Gasteiger partial charge in [-0.15, -0.1) is 0 Å². The molecule has 7 heteroatoms. The number of nitrogens with one attached hydrogen (secondary N) is 1. The van der Waals surface area contributed by atoms with Crippen LogP contribution in [-0.4, -0.2) is 15.2 Å². The van der Waals surface area contributed by atoms with E-state index in [0.717, 1.165) is 0 Å². The van der Waals surface area contributed by atoms with Crippen molar-refractivity contribution in [1.29, 1.82) is 0 Å². The Morgan fingerprint density at radius 2 is 2.00 bits per heavy atom. The molecule has 106 valence electrons. The lowest BCUT2D eigenvalue weighted by Gasteiger charge is -2.16. The quantitative estimate of drug-likeness (QED) is 0.922. The molecule has 0 radical (unpaired) electrons. The maximum atomic E-state index is 13.0. The summed E-state index contributed by atoms with van der Waals surface area (Å²) >= 11 is 0. The van der Waals surface area contributed by atoms with E-state index < -0.39 is 17.3 Å². The Balaban J connectivity index is 2.83. The number of aryl methyl sites for hydroxylation is 1. The number of alkyl halides is 3. The maximum absolute atomic E-state index is 13.0. The predicted molar refractivity (Wildman–Crippen MR) is 67.2 cm³/mol. The number of nitrogens with zero attached hydrogens (tertiary/aromatic N) is 2. The van der Waals surface area contributed by atoms with Crippen LogP contribution >= 0.6 is 0 Å². The van der Waals surface area contributed by atoms with E-state index in [1.165, 1.54) is 19.3 Å². The molecule has 2 rings (SSSR count). The summed E-state index contributed by atoms with van der Waals surface area (Å²) in [4.78, 5) is 14.0. The molecule has 0 spiro atoms. The van der Waals surface area contributed by atoms with Gasteiger partial charge in [0.2, 0.25) is 0 Å². The first-order valence-corrected chi connectivity index (χ1v) is 5.96. The lowest BCUT2D eigenvalue weighted by molar-refractivity contribution is -0.139. The van der Waals surface area contributed by atoms with Crippen molar-refractivity contribution in [3.63, 3.8) is 0 Å². The average Bonchev–Trinajstić information content (AvgIpc) is 2.37. The van der Waals surface area contributed by atoms with Crippen LogP contribution in [0.5, 0.6) is 0 Å². The first-order valence-electron chi connectivity index (χ1n) is 5.96. The molecule has 0 bridgehead atoms. The van der Waals surface area contributed by atoms with Gasteiger partial charge in [0.15, 0.2) is 0 Å². The molecule has 4 nitrogen and oxygen atoms in total. The van der Waals surface area contributed by atoms with Gasteiger partial charge in [-0.25, -0.2) is 0 Å². The number of hydrogen-bond donors (Lipinski definition) is 1. The molecule has 2 heterocycles. The highest BCUT2D eigenvalue weighted by atomic mass is 19.4. The van der Waals surface area contributed by atoms with Crippen molar-refractivity contribution < 1.29 is 13.2 Å². The summed E-state index contributed by atoms with van der Waals surface area (Å²) in [5.74, 6) is 0. The fourth-order valence-corrected chi connectivity index (χ4v) is 2.22. The minimum Gasteiger partial charge on any atom is -0.325 e. The standard InChI is InChI=1S/C13H12F3N3O/c1-3-9-10(8-4-5-17-18-6-8)7(2)11(12(20)19-9)13(14,15)16/h4-6H,3H2,1-2H3,(H,19,20). The van der Waals surface area contributed by atoms with Crippen molar-refractivity contribution in [3.8, 4) is 11.1 Å². The summed E-state index contributed by atoms with van der Waals surface area (Å²) in [6.07, 6.45) is -1.52. The van der Waals surface area contributed by atoms with Crippen LogP contribution in [0.3, 0.4) is 0 Å².